The van der Waals surface area contributed by atoms with E-state index in [0.717, 1.165) is 24.1 Å². The molecule has 0 aliphatic heterocycles. The molecule has 0 unspecified atom stereocenters. The number of carbonyl (C=O) groups is 1. The summed E-state index contributed by atoms with van der Waals surface area (Å²) in [6.45, 7) is 6.48. The molecule has 0 saturated carbocycles. The maximum Gasteiger partial charge on any atom is 0.224 e. The number of benzene rings is 1. The zero-order valence-electron chi connectivity index (χ0n) is 13.6. The molecule has 22 heavy (non-hydrogen) atoms. The largest absolute Gasteiger partial charge is 0.353 e. The van der Waals surface area contributed by atoms with Crippen LogP contribution in [-0.2, 0) is 11.2 Å². The van der Waals surface area contributed by atoms with Crippen molar-refractivity contribution >= 4 is 5.91 Å². The maximum atomic E-state index is 12.1. The van der Waals surface area contributed by atoms with Gasteiger partial charge in [0.15, 0.2) is 0 Å². The van der Waals surface area contributed by atoms with E-state index in [1.54, 1.807) is 10.9 Å². The van der Waals surface area contributed by atoms with Crippen LogP contribution < -0.4 is 5.32 Å². The number of hydrogen-bond donors (Lipinski definition) is 1. The molecule has 1 N–H and O–H groups in total. The Morgan fingerprint density at radius 1 is 1.18 bits per heavy atom. The molecule has 1 heterocycles. The fourth-order valence-electron chi connectivity index (χ4n) is 2.35. The van der Waals surface area contributed by atoms with Gasteiger partial charge < -0.3 is 5.32 Å². The second kappa shape index (κ2) is 7.78. The van der Waals surface area contributed by atoms with Crippen molar-refractivity contribution in [1.82, 2.24) is 15.1 Å². The lowest BCUT2D eigenvalue weighted by molar-refractivity contribution is -0.121. The minimum absolute atomic E-state index is 0.0862. The van der Waals surface area contributed by atoms with Crippen molar-refractivity contribution in [3.63, 3.8) is 0 Å². The van der Waals surface area contributed by atoms with Crippen molar-refractivity contribution in [1.29, 1.82) is 0 Å². The van der Waals surface area contributed by atoms with Crippen molar-refractivity contribution in [2.24, 2.45) is 5.92 Å². The van der Waals surface area contributed by atoms with Gasteiger partial charge in [0.2, 0.25) is 5.91 Å². The van der Waals surface area contributed by atoms with Crippen LogP contribution in [0.25, 0.3) is 5.69 Å². The minimum Gasteiger partial charge on any atom is -0.353 e. The van der Waals surface area contributed by atoms with Crippen molar-refractivity contribution in [2.75, 3.05) is 0 Å². The summed E-state index contributed by atoms with van der Waals surface area (Å²) in [5.74, 6) is 0.761. The third kappa shape index (κ3) is 5.02. The molecule has 4 heteroatoms. The highest BCUT2D eigenvalue weighted by atomic mass is 16.1. The van der Waals surface area contributed by atoms with Gasteiger partial charge in [0, 0.05) is 18.4 Å². The smallest absolute Gasteiger partial charge is 0.224 e. The molecule has 1 aromatic carbocycles. The van der Waals surface area contributed by atoms with Crippen LogP contribution in [0.4, 0.5) is 0 Å². The summed E-state index contributed by atoms with van der Waals surface area (Å²) in [7, 11) is 0. The number of carbonyl (C=O) groups excluding carboxylic acids is 1. The Morgan fingerprint density at radius 3 is 2.50 bits per heavy atom. The van der Waals surface area contributed by atoms with Crippen LogP contribution in [0.5, 0.6) is 0 Å². The summed E-state index contributed by atoms with van der Waals surface area (Å²) in [4.78, 5) is 12.1. The Hall–Kier alpha value is -2.10. The van der Waals surface area contributed by atoms with Gasteiger partial charge in [-0.25, -0.2) is 4.68 Å². The number of rotatable bonds is 7. The molecule has 0 bridgehead atoms. The zero-order chi connectivity index (χ0) is 15.9. The van der Waals surface area contributed by atoms with E-state index in [2.05, 4.69) is 31.2 Å². The van der Waals surface area contributed by atoms with Crippen molar-refractivity contribution in [2.45, 2.75) is 46.1 Å². The topological polar surface area (TPSA) is 46.9 Å². The molecule has 0 aliphatic rings. The van der Waals surface area contributed by atoms with E-state index in [1.807, 2.05) is 36.5 Å². The summed E-state index contributed by atoms with van der Waals surface area (Å²) < 4.78 is 1.80. The first-order chi connectivity index (χ1) is 10.5. The number of nitrogens with zero attached hydrogens (tertiary/aromatic N) is 2. The van der Waals surface area contributed by atoms with Crippen LogP contribution >= 0.6 is 0 Å². The fourth-order valence-corrected chi connectivity index (χ4v) is 2.35. The van der Waals surface area contributed by atoms with E-state index < -0.39 is 0 Å². The van der Waals surface area contributed by atoms with E-state index in [-0.39, 0.29) is 11.9 Å². The number of aromatic nitrogens is 2. The van der Waals surface area contributed by atoms with Gasteiger partial charge in [-0.15, -0.1) is 0 Å². The molecule has 2 aromatic rings. The average molecular weight is 299 g/mol. The third-order valence-electron chi connectivity index (χ3n) is 3.65. The Morgan fingerprint density at radius 2 is 1.91 bits per heavy atom. The highest BCUT2D eigenvalue weighted by Crippen LogP contribution is 2.10. The summed E-state index contributed by atoms with van der Waals surface area (Å²) in [5, 5.41) is 7.26. The monoisotopic (exact) mass is 299 g/mol. The highest BCUT2D eigenvalue weighted by Gasteiger charge is 2.09. The number of nitrogens with one attached hydrogen (secondary N) is 1. The molecular weight excluding hydrogens is 274 g/mol. The van der Waals surface area contributed by atoms with Gasteiger partial charge in [-0.05, 0) is 49.4 Å². The van der Waals surface area contributed by atoms with Crippen LogP contribution in [-0.4, -0.2) is 21.7 Å². The van der Waals surface area contributed by atoms with Crippen LogP contribution in [0.2, 0.25) is 0 Å². The molecule has 1 amide bonds. The predicted molar refractivity (Wildman–Crippen MR) is 88.9 cm³/mol. The van der Waals surface area contributed by atoms with Crippen LogP contribution in [0.3, 0.4) is 0 Å². The maximum absolute atomic E-state index is 12.1. The van der Waals surface area contributed by atoms with E-state index in [0.29, 0.717) is 12.3 Å². The van der Waals surface area contributed by atoms with Gasteiger partial charge in [0.1, 0.15) is 0 Å². The van der Waals surface area contributed by atoms with E-state index in [4.69, 9.17) is 0 Å². The Labute approximate surface area is 132 Å². The molecule has 0 fully saturated rings. The van der Waals surface area contributed by atoms with Gasteiger partial charge in [0.25, 0.3) is 0 Å². The molecule has 0 aliphatic carbocycles. The first kappa shape index (κ1) is 16.3. The first-order valence-corrected chi connectivity index (χ1v) is 7.93. The third-order valence-corrected chi connectivity index (χ3v) is 3.65. The Bertz CT molecular complexity index is 573. The Kier molecular flexibility index (Phi) is 5.75. The molecule has 4 nitrogen and oxygen atoms in total. The first-order valence-electron chi connectivity index (χ1n) is 7.93. The van der Waals surface area contributed by atoms with E-state index in [1.165, 1.54) is 0 Å². The van der Waals surface area contributed by atoms with Gasteiger partial charge in [-0.3, -0.25) is 4.79 Å². The lowest BCUT2D eigenvalue weighted by Gasteiger charge is -2.15. The van der Waals surface area contributed by atoms with Crippen molar-refractivity contribution in [3.8, 4) is 5.69 Å². The summed E-state index contributed by atoms with van der Waals surface area (Å²) in [6.07, 6.45) is 6.24. The molecule has 118 valence electrons. The fraction of sp³-hybridized carbons (Fsp3) is 0.444. The average Bonchev–Trinajstić information content (AvgIpc) is 3.00. The van der Waals surface area contributed by atoms with E-state index >= 15 is 0 Å². The second-order valence-electron chi connectivity index (χ2n) is 6.23. The summed E-state index contributed by atoms with van der Waals surface area (Å²) >= 11 is 0. The molecule has 1 aromatic heterocycles. The normalized spacial score (nSPS) is 12.4. The molecule has 2 rings (SSSR count). The van der Waals surface area contributed by atoms with Crippen molar-refractivity contribution in [3.05, 3.63) is 48.3 Å². The van der Waals surface area contributed by atoms with Crippen LogP contribution in [0.15, 0.2) is 42.7 Å². The van der Waals surface area contributed by atoms with Gasteiger partial charge in [-0.1, -0.05) is 26.0 Å². The van der Waals surface area contributed by atoms with Crippen molar-refractivity contribution < 1.29 is 4.79 Å². The quantitative estimate of drug-likeness (QED) is 0.852. The van der Waals surface area contributed by atoms with E-state index in [9.17, 15) is 4.79 Å². The number of amides is 1. The van der Waals surface area contributed by atoms with Crippen LogP contribution in [0.1, 0.15) is 39.2 Å². The molecular formula is C18H25N3O. The zero-order valence-corrected chi connectivity index (χ0v) is 13.6. The Balaban J connectivity index is 1.84. The summed E-state index contributed by atoms with van der Waals surface area (Å²) in [5.41, 5.74) is 2.02. The standard InChI is InChI=1S/C18H25N3O/c1-14(2)5-6-15(3)20-18(22)13-16-7-9-17(10-8-16)21-12-4-11-19-21/h4,7-12,14-15H,5-6,13H2,1-3H3,(H,20,22)/t15-/m0/s1. The van der Waals surface area contributed by atoms with Gasteiger partial charge in [0.05, 0.1) is 12.1 Å². The lowest BCUT2D eigenvalue weighted by atomic mass is 10.0. The molecule has 1 atom stereocenters. The lowest BCUT2D eigenvalue weighted by Crippen LogP contribution is -2.33. The minimum atomic E-state index is 0.0862. The van der Waals surface area contributed by atoms with Gasteiger partial charge >= 0.3 is 0 Å². The second-order valence-corrected chi connectivity index (χ2v) is 6.23. The number of hydrogen-bond acceptors (Lipinski definition) is 2. The highest BCUT2D eigenvalue weighted by molar-refractivity contribution is 5.78. The predicted octanol–water partition coefficient (Wildman–Crippen LogP) is 3.36. The van der Waals surface area contributed by atoms with Crippen LogP contribution in [0, 0.1) is 5.92 Å². The molecule has 0 spiro atoms. The van der Waals surface area contributed by atoms with Gasteiger partial charge in [-0.2, -0.15) is 5.10 Å². The summed E-state index contributed by atoms with van der Waals surface area (Å²) in [6, 6.07) is 10.1. The molecule has 0 radical (unpaired) electrons. The SMILES string of the molecule is CC(C)CC[C@H](C)NC(=O)Cc1ccc(-n2cccn2)cc1. The molecule has 0 saturated heterocycles.